The van der Waals surface area contributed by atoms with Crippen molar-refractivity contribution in [3.05, 3.63) is 29.8 Å². The van der Waals surface area contributed by atoms with Crippen LogP contribution in [-0.2, 0) is 54.4 Å². The van der Waals surface area contributed by atoms with Crippen molar-refractivity contribution >= 4 is 59.2 Å². The van der Waals surface area contributed by atoms with Gasteiger partial charge in [-0.2, -0.15) is 0 Å². The van der Waals surface area contributed by atoms with Gasteiger partial charge in [0.2, 0.25) is 47.3 Å². The molecule has 0 bridgehead atoms. The molecule has 0 aliphatic heterocycles. The second-order valence-electron chi connectivity index (χ2n) is 16.8. The number of nitrogens with one attached hydrogen (secondary N) is 8. The first-order valence-electron chi connectivity index (χ1n) is 22.4. The number of amides is 8. The fraction of sp³-hybridized carbons (Fsp3) is 0.628. The smallest absolute Gasteiger partial charge is 0.326 e. The lowest BCUT2D eigenvalue weighted by atomic mass is 10.0. The summed E-state index contributed by atoms with van der Waals surface area (Å²) in [5, 5.41) is 57.9. The Hall–Kier alpha value is -6.44. The van der Waals surface area contributed by atoms with Gasteiger partial charge in [0.15, 0.2) is 0 Å². The predicted molar refractivity (Wildman–Crippen MR) is 244 cm³/mol. The van der Waals surface area contributed by atoms with Crippen LogP contribution < -0.4 is 59.7 Å². The molecule has 18 N–H and O–H groups in total. The van der Waals surface area contributed by atoms with E-state index in [0.717, 1.165) is 0 Å². The van der Waals surface area contributed by atoms with E-state index < -0.39 is 127 Å². The van der Waals surface area contributed by atoms with Crippen molar-refractivity contribution in [3.8, 4) is 5.75 Å². The second-order valence-corrected chi connectivity index (χ2v) is 16.8. The number of nitrogens with two attached hydrogens (primary N) is 3. The predicted octanol–water partition coefficient (Wildman–Crippen LogP) is -3.94. The van der Waals surface area contributed by atoms with Crippen molar-refractivity contribution in [1.82, 2.24) is 42.5 Å². The molecule has 25 heteroatoms. The molecule has 0 saturated carbocycles. The summed E-state index contributed by atoms with van der Waals surface area (Å²) in [5.41, 5.74) is 17.4. The number of hydrogen-bond donors (Lipinski definition) is 15. The fourth-order valence-corrected chi connectivity index (χ4v) is 6.31. The number of carbonyl (C=O) groups is 10. The first kappa shape index (κ1) is 59.6. The summed E-state index contributed by atoms with van der Waals surface area (Å²) in [6, 6.07) is -6.60. The summed E-state index contributed by atoms with van der Waals surface area (Å²) in [6.45, 7) is 7.01. The fourth-order valence-electron chi connectivity index (χ4n) is 6.31. The Labute approximate surface area is 394 Å². The first-order chi connectivity index (χ1) is 31.9. The van der Waals surface area contributed by atoms with Crippen LogP contribution in [0.4, 0.5) is 0 Å². The number of unbranched alkanes of at least 4 members (excludes halogenated alkanes) is 2. The number of benzene rings is 1. The zero-order valence-electron chi connectivity index (χ0n) is 39.2. The van der Waals surface area contributed by atoms with Gasteiger partial charge in [0, 0.05) is 6.42 Å². The summed E-state index contributed by atoms with van der Waals surface area (Å²) in [4.78, 5) is 129. The Balaban J connectivity index is 2.95. The van der Waals surface area contributed by atoms with Crippen molar-refractivity contribution in [2.45, 2.75) is 147 Å². The number of phenols is 1. The molecule has 9 atom stereocenters. The van der Waals surface area contributed by atoms with E-state index in [-0.39, 0.29) is 37.5 Å². The van der Waals surface area contributed by atoms with Gasteiger partial charge >= 0.3 is 11.9 Å². The number of aliphatic carboxylic acids is 2. The molecule has 0 heterocycles. The Kier molecular flexibility index (Phi) is 27.0. The molecule has 1 rings (SSSR count). The number of phenolic OH excluding ortho intramolecular Hbond substituents is 1. The molecule has 0 saturated heterocycles. The lowest BCUT2D eigenvalue weighted by molar-refractivity contribution is -0.144. The SMILES string of the molecule is CC(C)C[C@H](NC(=O)C[C@H](NC(=O)[C@H](C)NC(=O)[C@H](CO)NC(=O)[C@H](C)NC(=O)[C@@H](N)CCCCN)C(=O)O)C(=O)N[C@@H](C)C(=O)N[C@@H](CCCCN)C(=O)N[C@@H](Cc1ccc(O)cc1)C(=O)O. The van der Waals surface area contributed by atoms with Crippen LogP contribution in [-0.4, -0.2) is 154 Å². The standard InChI is InChI=1S/C43H71N11O14/c1-22(2)18-30(40(63)48-24(4)35(58)51-29(11-7-9-17-45)39(62)53-31(42(65)66)19-26-12-14-27(56)15-13-26)50-34(57)20-32(43(67)68)52-36(59)25(5)49-41(64)33(21-55)54-37(60)23(3)47-38(61)28(46)10-6-8-16-44/h12-15,22-25,28-33,55-56H,6-11,16-21,44-46H2,1-5H3,(H,47,61)(H,48,63)(H,49,64)(H,50,57)(H,51,58)(H,52,59)(H,53,62)(H,54,60)(H,65,66)(H,67,68)/t23-,24-,25-,28-,29-,30-,31-,32-,33-/m0/s1. The van der Waals surface area contributed by atoms with Gasteiger partial charge in [-0.3, -0.25) is 38.4 Å². The summed E-state index contributed by atoms with van der Waals surface area (Å²) in [6.07, 6.45) is 1.45. The number of carboxylic acids is 2. The molecule has 0 aliphatic rings. The molecule has 0 spiro atoms. The number of aromatic hydroxyl groups is 1. The van der Waals surface area contributed by atoms with E-state index in [2.05, 4.69) is 42.5 Å². The van der Waals surface area contributed by atoms with Crippen LogP contribution in [0.2, 0.25) is 0 Å². The molecule has 0 aromatic heterocycles. The summed E-state index contributed by atoms with van der Waals surface area (Å²) in [7, 11) is 0. The maximum atomic E-state index is 13.5. The monoisotopic (exact) mass is 966 g/mol. The lowest BCUT2D eigenvalue weighted by Gasteiger charge is -2.25. The molecule has 0 aliphatic carbocycles. The third-order valence-corrected chi connectivity index (χ3v) is 10.3. The van der Waals surface area contributed by atoms with E-state index in [0.29, 0.717) is 44.2 Å². The van der Waals surface area contributed by atoms with Crippen LogP contribution in [0.25, 0.3) is 0 Å². The van der Waals surface area contributed by atoms with E-state index in [1.54, 1.807) is 13.8 Å². The van der Waals surface area contributed by atoms with Gasteiger partial charge in [0.1, 0.15) is 54.1 Å². The van der Waals surface area contributed by atoms with Crippen LogP contribution in [0.15, 0.2) is 24.3 Å². The molecule has 382 valence electrons. The highest BCUT2D eigenvalue weighted by Crippen LogP contribution is 2.13. The second kappa shape index (κ2) is 30.8. The Morgan fingerprint density at radius 2 is 0.941 bits per heavy atom. The maximum absolute atomic E-state index is 13.5. The van der Waals surface area contributed by atoms with Gasteiger partial charge in [0.05, 0.1) is 19.1 Å². The van der Waals surface area contributed by atoms with Gasteiger partial charge in [-0.25, -0.2) is 9.59 Å². The van der Waals surface area contributed by atoms with Crippen molar-refractivity contribution in [3.63, 3.8) is 0 Å². The highest BCUT2D eigenvalue weighted by atomic mass is 16.4. The number of hydrogen-bond acceptors (Lipinski definition) is 15. The molecule has 1 aromatic carbocycles. The molecular formula is C43H71N11O14. The molecule has 68 heavy (non-hydrogen) atoms. The molecule has 0 radical (unpaired) electrons. The van der Waals surface area contributed by atoms with E-state index in [1.807, 2.05) is 0 Å². The minimum atomic E-state index is -1.88. The van der Waals surface area contributed by atoms with E-state index >= 15 is 0 Å². The van der Waals surface area contributed by atoms with Crippen LogP contribution in [0.5, 0.6) is 5.75 Å². The average molecular weight is 966 g/mol. The molecular weight excluding hydrogens is 895 g/mol. The highest BCUT2D eigenvalue weighted by Gasteiger charge is 2.33. The van der Waals surface area contributed by atoms with E-state index in [9.17, 15) is 68.4 Å². The summed E-state index contributed by atoms with van der Waals surface area (Å²) < 4.78 is 0. The largest absolute Gasteiger partial charge is 0.508 e. The minimum Gasteiger partial charge on any atom is -0.508 e. The van der Waals surface area contributed by atoms with Crippen molar-refractivity contribution in [1.29, 1.82) is 0 Å². The number of aliphatic hydroxyl groups excluding tert-OH is 1. The van der Waals surface area contributed by atoms with Gasteiger partial charge in [0.25, 0.3) is 0 Å². The van der Waals surface area contributed by atoms with E-state index in [1.165, 1.54) is 45.0 Å². The van der Waals surface area contributed by atoms with E-state index in [4.69, 9.17) is 17.2 Å². The van der Waals surface area contributed by atoms with Crippen molar-refractivity contribution < 1.29 is 68.4 Å². The van der Waals surface area contributed by atoms with Crippen LogP contribution >= 0.6 is 0 Å². The Bertz CT molecular complexity index is 1870. The Morgan fingerprint density at radius 1 is 0.515 bits per heavy atom. The van der Waals surface area contributed by atoms with Gasteiger partial charge in [-0.05, 0) is 96.0 Å². The van der Waals surface area contributed by atoms with Crippen molar-refractivity contribution in [2.75, 3.05) is 19.7 Å². The zero-order chi connectivity index (χ0) is 51.7. The Morgan fingerprint density at radius 3 is 1.41 bits per heavy atom. The normalized spacial score (nSPS) is 15.0. The number of carboxylic acid groups (broad SMARTS) is 2. The van der Waals surface area contributed by atoms with Crippen molar-refractivity contribution in [2.24, 2.45) is 23.1 Å². The molecule has 8 amide bonds. The van der Waals surface area contributed by atoms with Crippen LogP contribution in [0.1, 0.15) is 91.5 Å². The topological polar surface area (TPSA) is 426 Å². The number of aliphatic hydroxyl groups is 1. The number of carbonyl (C=O) groups excluding carboxylic acids is 8. The van der Waals surface area contributed by atoms with Gasteiger partial charge < -0.3 is 80.2 Å². The molecule has 0 fully saturated rings. The minimum absolute atomic E-state index is 0.0112. The van der Waals surface area contributed by atoms with Gasteiger partial charge in [-0.15, -0.1) is 0 Å². The lowest BCUT2D eigenvalue weighted by Crippen LogP contribution is -2.58. The molecule has 1 aromatic rings. The number of rotatable bonds is 32. The quantitative estimate of drug-likeness (QED) is 0.0307. The molecule has 0 unspecified atom stereocenters. The first-order valence-corrected chi connectivity index (χ1v) is 22.4. The maximum Gasteiger partial charge on any atom is 0.326 e. The van der Waals surface area contributed by atoms with Gasteiger partial charge in [-0.1, -0.05) is 32.4 Å². The summed E-state index contributed by atoms with van der Waals surface area (Å²) >= 11 is 0. The highest BCUT2D eigenvalue weighted by molar-refractivity contribution is 5.97. The van der Waals surface area contributed by atoms with Crippen LogP contribution in [0.3, 0.4) is 0 Å². The third kappa shape index (κ3) is 22.4. The average Bonchev–Trinajstić information content (AvgIpc) is 3.27. The third-order valence-electron chi connectivity index (χ3n) is 10.3. The zero-order valence-corrected chi connectivity index (χ0v) is 39.2. The van der Waals surface area contributed by atoms with Crippen LogP contribution in [0, 0.1) is 5.92 Å². The summed E-state index contributed by atoms with van der Waals surface area (Å²) in [5.74, 6) is -10.4. The molecule has 25 nitrogen and oxygen atoms in total.